The molecule has 2 atom stereocenters. The second-order valence-electron chi connectivity index (χ2n) is 10.8. The number of hydrogen-bond donors (Lipinski definition) is 2. The maximum absolute atomic E-state index is 11.2. The molecule has 0 amide bonds. The molecule has 31 heavy (non-hydrogen) atoms. The Labute approximate surface area is 189 Å². The number of aromatic amines is 1. The van der Waals surface area contributed by atoms with Gasteiger partial charge in [-0.1, -0.05) is 73.1 Å². The third kappa shape index (κ3) is 4.62. The number of hydrogen-bond acceptors (Lipinski definition) is 2. The molecule has 1 saturated carbocycles. The molecular weight excluding hydrogens is 380 g/mol. The summed E-state index contributed by atoms with van der Waals surface area (Å²) in [6.07, 6.45) is 12.1. The highest BCUT2D eigenvalue weighted by atomic mass is 16.3. The zero-order valence-corrected chi connectivity index (χ0v) is 20.9. The highest BCUT2D eigenvalue weighted by Crippen LogP contribution is 2.44. The van der Waals surface area contributed by atoms with E-state index in [-0.39, 0.29) is 10.8 Å². The van der Waals surface area contributed by atoms with Gasteiger partial charge in [-0.3, -0.25) is 0 Å². The molecule has 0 aliphatic heterocycles. The standard InChI is InChI=1S/C28H44N2O/c1-8-27(9-2,18-17-20-13-12-14-22(20)28(31,10-3)11-4)25-29-23-16-15-21(26(5,6)7)19-24(23)30-25/h15-20,22,31H,8-14H2,1-7H3,(H,29,30). The molecule has 2 N–H and O–H groups in total. The second kappa shape index (κ2) is 9.10. The van der Waals surface area contributed by atoms with Gasteiger partial charge in [0.25, 0.3) is 0 Å². The normalized spacial score (nSPS) is 20.9. The number of allylic oxidation sites excluding steroid dienone is 2. The second-order valence-corrected chi connectivity index (χ2v) is 10.8. The molecule has 1 aromatic carbocycles. The molecule has 172 valence electrons. The van der Waals surface area contributed by atoms with Gasteiger partial charge in [0.2, 0.25) is 0 Å². The summed E-state index contributed by atoms with van der Waals surface area (Å²) in [7, 11) is 0. The monoisotopic (exact) mass is 424 g/mol. The lowest BCUT2D eigenvalue weighted by Crippen LogP contribution is -2.38. The van der Waals surface area contributed by atoms with Crippen LogP contribution in [0.5, 0.6) is 0 Å². The van der Waals surface area contributed by atoms with Crippen LogP contribution in [0.4, 0.5) is 0 Å². The molecule has 1 aliphatic rings. The Morgan fingerprint density at radius 3 is 2.29 bits per heavy atom. The van der Waals surface area contributed by atoms with Crippen molar-refractivity contribution in [2.75, 3.05) is 0 Å². The molecule has 0 spiro atoms. The molecule has 2 unspecified atom stereocenters. The van der Waals surface area contributed by atoms with Gasteiger partial charge in [-0.25, -0.2) is 4.98 Å². The van der Waals surface area contributed by atoms with Gasteiger partial charge < -0.3 is 10.1 Å². The third-order valence-electron chi connectivity index (χ3n) is 8.23. The van der Waals surface area contributed by atoms with E-state index in [0.29, 0.717) is 11.8 Å². The molecule has 0 radical (unpaired) electrons. The van der Waals surface area contributed by atoms with E-state index >= 15 is 0 Å². The van der Waals surface area contributed by atoms with Crippen LogP contribution in [-0.2, 0) is 10.8 Å². The molecule has 3 heteroatoms. The summed E-state index contributed by atoms with van der Waals surface area (Å²) >= 11 is 0. The van der Waals surface area contributed by atoms with Gasteiger partial charge in [-0.15, -0.1) is 0 Å². The molecule has 0 saturated heterocycles. The minimum absolute atomic E-state index is 0.0927. The number of rotatable bonds is 8. The van der Waals surface area contributed by atoms with Gasteiger partial charge in [0.05, 0.1) is 16.6 Å². The quantitative estimate of drug-likeness (QED) is 0.432. The molecule has 0 bridgehead atoms. The summed E-state index contributed by atoms with van der Waals surface area (Å²) < 4.78 is 0. The van der Waals surface area contributed by atoms with Crippen molar-refractivity contribution in [3.63, 3.8) is 0 Å². The van der Waals surface area contributed by atoms with Crippen LogP contribution < -0.4 is 0 Å². The number of benzene rings is 1. The predicted octanol–water partition coefficient (Wildman–Crippen LogP) is 7.44. The van der Waals surface area contributed by atoms with Crippen LogP contribution in [0.15, 0.2) is 30.4 Å². The van der Waals surface area contributed by atoms with E-state index in [1.165, 1.54) is 18.4 Å². The summed E-state index contributed by atoms with van der Waals surface area (Å²) in [5.41, 5.74) is 3.01. The van der Waals surface area contributed by atoms with E-state index in [9.17, 15) is 5.11 Å². The fourth-order valence-electron chi connectivity index (χ4n) is 5.58. The minimum Gasteiger partial charge on any atom is -0.390 e. The minimum atomic E-state index is -0.532. The van der Waals surface area contributed by atoms with Crippen molar-refractivity contribution in [3.8, 4) is 0 Å². The molecule has 1 heterocycles. The summed E-state index contributed by atoms with van der Waals surface area (Å²) in [5.74, 6) is 1.90. The Balaban J connectivity index is 1.95. The van der Waals surface area contributed by atoms with E-state index in [2.05, 4.69) is 83.8 Å². The maximum atomic E-state index is 11.2. The molecule has 3 nitrogen and oxygen atoms in total. The number of aromatic nitrogens is 2. The molecule has 1 aliphatic carbocycles. The van der Waals surface area contributed by atoms with Gasteiger partial charge in [-0.05, 0) is 73.5 Å². The number of nitrogens with one attached hydrogen (secondary N) is 1. The van der Waals surface area contributed by atoms with Crippen LogP contribution >= 0.6 is 0 Å². The maximum Gasteiger partial charge on any atom is 0.117 e. The number of fused-ring (bicyclic) bond motifs is 1. The van der Waals surface area contributed by atoms with Crippen molar-refractivity contribution < 1.29 is 5.11 Å². The van der Waals surface area contributed by atoms with Gasteiger partial charge in [0.15, 0.2) is 0 Å². The average molecular weight is 425 g/mol. The first kappa shape index (κ1) is 24.0. The van der Waals surface area contributed by atoms with Crippen LogP contribution in [0.1, 0.15) is 105 Å². The highest BCUT2D eigenvalue weighted by molar-refractivity contribution is 5.76. The van der Waals surface area contributed by atoms with Gasteiger partial charge in [0.1, 0.15) is 5.82 Å². The van der Waals surface area contributed by atoms with Crippen LogP contribution in [0.25, 0.3) is 11.0 Å². The van der Waals surface area contributed by atoms with Crippen molar-refractivity contribution in [1.82, 2.24) is 9.97 Å². The third-order valence-corrected chi connectivity index (χ3v) is 8.23. The van der Waals surface area contributed by atoms with Crippen LogP contribution in [0.3, 0.4) is 0 Å². The van der Waals surface area contributed by atoms with Crippen LogP contribution in [-0.4, -0.2) is 20.7 Å². The van der Waals surface area contributed by atoms with Gasteiger partial charge in [-0.2, -0.15) is 0 Å². The SMILES string of the molecule is CCC(C=CC1CCCC1C(O)(CC)CC)(CC)c1nc2ccc(C(C)(C)C)cc2[nH]1. The van der Waals surface area contributed by atoms with Crippen LogP contribution in [0, 0.1) is 11.8 Å². The smallest absolute Gasteiger partial charge is 0.117 e. The predicted molar refractivity (Wildman–Crippen MR) is 133 cm³/mol. The summed E-state index contributed by atoms with van der Waals surface area (Å²) in [5, 5.41) is 11.2. The first-order valence-electron chi connectivity index (χ1n) is 12.5. The molecular formula is C28H44N2O. The van der Waals surface area contributed by atoms with Crippen molar-refractivity contribution in [1.29, 1.82) is 0 Å². The molecule has 3 rings (SSSR count). The number of imidazole rings is 1. The first-order valence-corrected chi connectivity index (χ1v) is 12.5. The summed E-state index contributed by atoms with van der Waals surface area (Å²) in [4.78, 5) is 8.72. The van der Waals surface area contributed by atoms with E-state index in [4.69, 9.17) is 4.98 Å². The Morgan fingerprint density at radius 2 is 1.71 bits per heavy atom. The van der Waals surface area contributed by atoms with Gasteiger partial charge in [0, 0.05) is 5.41 Å². The van der Waals surface area contributed by atoms with Crippen molar-refractivity contribution in [3.05, 3.63) is 41.7 Å². The average Bonchev–Trinajstić information content (AvgIpc) is 3.40. The Bertz CT molecular complexity index is 893. The van der Waals surface area contributed by atoms with E-state index in [1.807, 2.05) is 0 Å². The number of H-pyrrole nitrogens is 1. The van der Waals surface area contributed by atoms with Gasteiger partial charge >= 0.3 is 0 Å². The Kier molecular flexibility index (Phi) is 7.05. The lowest BCUT2D eigenvalue weighted by molar-refractivity contribution is -0.0340. The largest absolute Gasteiger partial charge is 0.390 e. The summed E-state index contributed by atoms with van der Waals surface area (Å²) in [6.45, 7) is 15.5. The number of nitrogens with zero attached hydrogens (tertiary/aromatic N) is 1. The van der Waals surface area contributed by atoms with Crippen molar-refractivity contribution in [2.45, 2.75) is 110 Å². The molecule has 1 aromatic heterocycles. The van der Waals surface area contributed by atoms with E-state index in [1.54, 1.807) is 0 Å². The van der Waals surface area contributed by atoms with E-state index < -0.39 is 5.60 Å². The highest BCUT2D eigenvalue weighted by Gasteiger charge is 2.41. The zero-order valence-electron chi connectivity index (χ0n) is 20.9. The topological polar surface area (TPSA) is 48.9 Å². The van der Waals surface area contributed by atoms with E-state index in [0.717, 1.165) is 49.0 Å². The fourth-order valence-corrected chi connectivity index (χ4v) is 5.58. The number of aliphatic hydroxyl groups is 1. The van der Waals surface area contributed by atoms with Crippen LogP contribution in [0.2, 0.25) is 0 Å². The lowest BCUT2D eigenvalue weighted by Gasteiger charge is -2.36. The Hall–Kier alpha value is -1.61. The van der Waals surface area contributed by atoms with Crippen molar-refractivity contribution >= 4 is 11.0 Å². The fraction of sp³-hybridized carbons (Fsp3) is 0.679. The zero-order chi connectivity index (χ0) is 22.9. The molecule has 1 fully saturated rings. The molecule has 2 aromatic rings. The first-order chi connectivity index (χ1) is 14.6. The Morgan fingerprint density at radius 1 is 1.03 bits per heavy atom. The lowest BCUT2D eigenvalue weighted by atomic mass is 9.74. The van der Waals surface area contributed by atoms with Crippen molar-refractivity contribution in [2.24, 2.45) is 11.8 Å². The summed E-state index contributed by atoms with van der Waals surface area (Å²) in [6, 6.07) is 6.63.